The van der Waals surface area contributed by atoms with Gasteiger partial charge in [-0.3, -0.25) is 0 Å². The Hall–Kier alpha value is -4.94. The van der Waals surface area contributed by atoms with Crippen molar-refractivity contribution in [2.24, 2.45) is 0 Å². The van der Waals surface area contributed by atoms with Gasteiger partial charge >= 0.3 is 0 Å². The van der Waals surface area contributed by atoms with Crippen LogP contribution in [0.3, 0.4) is 0 Å². The van der Waals surface area contributed by atoms with Crippen LogP contribution >= 0.6 is 0 Å². The number of hydrogen-bond donors (Lipinski definition) is 0. The summed E-state index contributed by atoms with van der Waals surface area (Å²) in [6.45, 7) is 0. The fourth-order valence-corrected chi connectivity index (χ4v) is 6.61. The molecular formula is C40H28. The number of fused-ring (bicyclic) bond motifs is 4. The van der Waals surface area contributed by atoms with Gasteiger partial charge in [0, 0.05) is 0 Å². The smallest absolute Gasteiger partial charge is 0.00203 e. The predicted octanol–water partition coefficient (Wildman–Crippen LogP) is 11.1. The Labute approximate surface area is 234 Å². The van der Waals surface area contributed by atoms with Crippen molar-refractivity contribution in [3.8, 4) is 33.4 Å². The van der Waals surface area contributed by atoms with Crippen LogP contribution in [0.4, 0.5) is 0 Å². The Bertz CT molecular complexity index is 2030. The maximum Gasteiger partial charge on any atom is -0.00203 e. The Kier molecular flexibility index (Phi) is 5.38. The van der Waals surface area contributed by atoms with Crippen molar-refractivity contribution in [3.05, 3.63) is 151 Å². The third-order valence-corrected chi connectivity index (χ3v) is 8.52. The predicted molar refractivity (Wildman–Crippen MR) is 173 cm³/mol. The fourth-order valence-electron chi connectivity index (χ4n) is 6.61. The molecule has 8 rings (SSSR count). The largest absolute Gasteiger partial charge is 0.0836 e. The minimum absolute atomic E-state index is 1.11. The Morgan fingerprint density at radius 1 is 0.425 bits per heavy atom. The Morgan fingerprint density at radius 3 is 1.75 bits per heavy atom. The summed E-state index contributed by atoms with van der Waals surface area (Å²) in [6, 6.07) is 49.2. The molecule has 0 fully saturated rings. The standard InChI is InChI=1S/C40H28/c1-2-12-31-26-32(25-22-27(31)10-1)28-20-23-30(24-21-28)39-35-15-5-7-17-37(35)40(38-18-8-6-16-36(38)39)34-19-9-13-29-11-3-4-14-33(29)34/h1-2,4-10,12-26H,3,11H2. The second-order valence-electron chi connectivity index (χ2n) is 10.8. The maximum atomic E-state index is 2.33. The summed E-state index contributed by atoms with van der Waals surface area (Å²) in [5.41, 5.74) is 10.5. The van der Waals surface area contributed by atoms with Crippen LogP contribution in [-0.2, 0) is 6.42 Å². The quantitative estimate of drug-likeness (QED) is 0.208. The first-order chi connectivity index (χ1) is 19.8. The van der Waals surface area contributed by atoms with Crippen LogP contribution in [0.2, 0.25) is 0 Å². The molecule has 0 spiro atoms. The minimum atomic E-state index is 1.11. The van der Waals surface area contributed by atoms with Crippen LogP contribution in [0.25, 0.3) is 71.8 Å². The van der Waals surface area contributed by atoms with Crippen LogP contribution in [0.1, 0.15) is 17.5 Å². The second-order valence-corrected chi connectivity index (χ2v) is 10.8. The highest BCUT2D eigenvalue weighted by Crippen LogP contribution is 2.45. The van der Waals surface area contributed by atoms with E-state index in [-0.39, 0.29) is 0 Å². The highest BCUT2D eigenvalue weighted by molar-refractivity contribution is 6.22. The third-order valence-electron chi connectivity index (χ3n) is 8.52. The lowest BCUT2D eigenvalue weighted by atomic mass is 9.82. The van der Waals surface area contributed by atoms with Gasteiger partial charge in [-0.05, 0) is 95.7 Å². The molecule has 0 aromatic heterocycles. The summed E-state index contributed by atoms with van der Waals surface area (Å²) >= 11 is 0. The molecule has 0 saturated heterocycles. The zero-order valence-corrected chi connectivity index (χ0v) is 22.3. The van der Waals surface area contributed by atoms with E-state index >= 15 is 0 Å². The van der Waals surface area contributed by atoms with Crippen molar-refractivity contribution in [2.45, 2.75) is 12.8 Å². The van der Waals surface area contributed by atoms with Gasteiger partial charge in [-0.2, -0.15) is 0 Å². The van der Waals surface area contributed by atoms with Crippen LogP contribution in [0, 0.1) is 0 Å². The number of benzene rings is 7. The zero-order valence-electron chi connectivity index (χ0n) is 22.3. The van der Waals surface area contributed by atoms with Gasteiger partial charge in [0.05, 0.1) is 0 Å². The molecular weight excluding hydrogens is 480 g/mol. The molecule has 0 nitrogen and oxygen atoms in total. The first-order valence-electron chi connectivity index (χ1n) is 14.2. The van der Waals surface area contributed by atoms with Crippen molar-refractivity contribution in [1.82, 2.24) is 0 Å². The van der Waals surface area contributed by atoms with Crippen molar-refractivity contribution >= 4 is 38.4 Å². The average molecular weight is 509 g/mol. The lowest BCUT2D eigenvalue weighted by molar-refractivity contribution is 0.987. The summed E-state index contributed by atoms with van der Waals surface area (Å²) < 4.78 is 0. The topological polar surface area (TPSA) is 0 Å². The molecule has 40 heavy (non-hydrogen) atoms. The van der Waals surface area contributed by atoms with Crippen LogP contribution in [0.5, 0.6) is 0 Å². The van der Waals surface area contributed by atoms with Gasteiger partial charge in [-0.25, -0.2) is 0 Å². The molecule has 0 saturated carbocycles. The van der Waals surface area contributed by atoms with E-state index in [0.29, 0.717) is 0 Å². The van der Waals surface area contributed by atoms with E-state index in [9.17, 15) is 0 Å². The summed E-state index contributed by atoms with van der Waals surface area (Å²) in [5, 5.41) is 7.76. The van der Waals surface area contributed by atoms with Gasteiger partial charge in [0.25, 0.3) is 0 Å². The Balaban J connectivity index is 1.35. The molecule has 0 bridgehead atoms. The van der Waals surface area contributed by atoms with Gasteiger partial charge in [0.1, 0.15) is 0 Å². The lowest BCUT2D eigenvalue weighted by Gasteiger charge is -2.21. The molecule has 7 aromatic carbocycles. The number of allylic oxidation sites excluding steroid dienone is 1. The van der Waals surface area contributed by atoms with Crippen LogP contribution < -0.4 is 0 Å². The van der Waals surface area contributed by atoms with E-state index in [1.165, 1.54) is 76.8 Å². The van der Waals surface area contributed by atoms with E-state index in [2.05, 4.69) is 146 Å². The zero-order chi connectivity index (χ0) is 26.5. The molecule has 0 unspecified atom stereocenters. The van der Waals surface area contributed by atoms with Crippen molar-refractivity contribution in [1.29, 1.82) is 0 Å². The molecule has 0 heterocycles. The molecule has 1 aliphatic carbocycles. The van der Waals surface area contributed by atoms with Gasteiger partial charge in [-0.1, -0.05) is 140 Å². The van der Waals surface area contributed by atoms with Crippen molar-refractivity contribution in [2.75, 3.05) is 0 Å². The molecule has 0 heteroatoms. The SMILES string of the molecule is C1=Cc2c(cccc2-c2c3ccccc3c(-c3ccc(-c4ccc5ccccc5c4)cc3)c3ccccc23)CC1. The third kappa shape index (κ3) is 3.68. The number of hydrogen-bond acceptors (Lipinski definition) is 0. The number of rotatable bonds is 3. The molecule has 0 amide bonds. The average Bonchev–Trinajstić information content (AvgIpc) is 3.03. The van der Waals surface area contributed by atoms with Gasteiger partial charge in [0.2, 0.25) is 0 Å². The fraction of sp³-hybridized carbons (Fsp3) is 0.0500. The molecule has 0 aliphatic heterocycles. The maximum absolute atomic E-state index is 2.33. The highest BCUT2D eigenvalue weighted by Gasteiger charge is 2.19. The van der Waals surface area contributed by atoms with Gasteiger partial charge < -0.3 is 0 Å². The summed E-state index contributed by atoms with van der Waals surface area (Å²) in [4.78, 5) is 0. The van der Waals surface area contributed by atoms with Crippen molar-refractivity contribution < 1.29 is 0 Å². The van der Waals surface area contributed by atoms with E-state index in [1.54, 1.807) is 0 Å². The van der Waals surface area contributed by atoms with Crippen LogP contribution in [0.15, 0.2) is 140 Å². The van der Waals surface area contributed by atoms with Gasteiger partial charge in [0.15, 0.2) is 0 Å². The molecule has 7 aromatic rings. The molecule has 1 aliphatic rings. The normalized spacial score (nSPS) is 12.7. The monoisotopic (exact) mass is 508 g/mol. The summed E-state index contributed by atoms with van der Waals surface area (Å²) in [5.74, 6) is 0. The summed E-state index contributed by atoms with van der Waals surface area (Å²) in [7, 11) is 0. The van der Waals surface area contributed by atoms with Gasteiger partial charge in [-0.15, -0.1) is 0 Å². The highest BCUT2D eigenvalue weighted by atomic mass is 14.2. The van der Waals surface area contributed by atoms with E-state index in [1.807, 2.05) is 0 Å². The second kappa shape index (κ2) is 9.36. The molecule has 0 atom stereocenters. The summed E-state index contributed by atoms with van der Waals surface area (Å²) in [6.07, 6.45) is 6.88. The molecule has 188 valence electrons. The van der Waals surface area contributed by atoms with E-state index in [4.69, 9.17) is 0 Å². The lowest BCUT2D eigenvalue weighted by Crippen LogP contribution is -1.98. The Morgan fingerprint density at radius 2 is 1.02 bits per heavy atom. The molecule has 0 radical (unpaired) electrons. The molecule has 0 N–H and O–H groups in total. The number of aryl methyl sites for hydroxylation is 1. The minimum Gasteiger partial charge on any atom is -0.0836 e. The van der Waals surface area contributed by atoms with Crippen LogP contribution in [-0.4, -0.2) is 0 Å². The van der Waals surface area contributed by atoms with E-state index < -0.39 is 0 Å². The van der Waals surface area contributed by atoms with Crippen molar-refractivity contribution in [3.63, 3.8) is 0 Å². The first-order valence-corrected chi connectivity index (χ1v) is 14.2. The van der Waals surface area contributed by atoms with E-state index in [0.717, 1.165) is 12.8 Å². The first kappa shape index (κ1) is 23.0.